The molecule has 0 amide bonds. The molecular weight excluding hydrogens is 246 g/mol. The van der Waals surface area contributed by atoms with Crippen LogP contribution < -0.4 is 4.74 Å². The first-order chi connectivity index (χ1) is 9.70. The van der Waals surface area contributed by atoms with Crippen LogP contribution in [0.5, 0.6) is 5.75 Å². The maximum absolute atomic E-state index is 9.25. The van der Waals surface area contributed by atoms with Gasteiger partial charge in [0.2, 0.25) is 0 Å². The molecule has 0 heterocycles. The predicted octanol–water partition coefficient (Wildman–Crippen LogP) is 4.38. The molecule has 0 aliphatic carbocycles. The number of hydrogen-bond donors (Lipinski definition) is 0. The highest BCUT2D eigenvalue weighted by atomic mass is 16.5. The minimum absolute atomic E-state index is 0.109. The first kappa shape index (κ1) is 14.1. The predicted molar refractivity (Wildman–Crippen MR) is 80.8 cm³/mol. The highest BCUT2D eigenvalue weighted by Gasteiger charge is 2.10. The fraction of sp³-hybridized carbons (Fsp3) is 0.278. The maximum atomic E-state index is 9.25. The molecular formula is C18H19NO. The highest BCUT2D eigenvalue weighted by Crippen LogP contribution is 2.20. The van der Waals surface area contributed by atoms with Gasteiger partial charge in [-0.1, -0.05) is 36.4 Å². The second-order valence-corrected chi connectivity index (χ2v) is 4.98. The van der Waals surface area contributed by atoms with Gasteiger partial charge < -0.3 is 4.74 Å². The molecule has 0 saturated carbocycles. The van der Waals surface area contributed by atoms with Gasteiger partial charge >= 0.3 is 0 Å². The minimum Gasteiger partial charge on any atom is -0.494 e. The monoisotopic (exact) mass is 265 g/mol. The SMILES string of the molecule is Cc1ccc(OCCC(C#N)c2ccccc2)cc1C. The molecule has 1 atom stereocenters. The van der Waals surface area contributed by atoms with Crippen LogP contribution in [0.4, 0.5) is 0 Å². The van der Waals surface area contributed by atoms with Crippen molar-refractivity contribution in [3.8, 4) is 11.8 Å². The normalized spacial score (nSPS) is 11.7. The van der Waals surface area contributed by atoms with Gasteiger partial charge in [-0.25, -0.2) is 0 Å². The molecule has 0 bridgehead atoms. The number of nitrogens with zero attached hydrogens (tertiary/aromatic N) is 1. The molecule has 1 unspecified atom stereocenters. The lowest BCUT2D eigenvalue weighted by Gasteiger charge is -2.11. The molecule has 0 aliphatic rings. The first-order valence-corrected chi connectivity index (χ1v) is 6.85. The fourth-order valence-corrected chi connectivity index (χ4v) is 2.09. The van der Waals surface area contributed by atoms with E-state index in [1.54, 1.807) is 0 Å². The smallest absolute Gasteiger partial charge is 0.119 e. The molecule has 0 radical (unpaired) electrons. The van der Waals surface area contributed by atoms with E-state index in [1.807, 2.05) is 42.5 Å². The highest BCUT2D eigenvalue weighted by molar-refractivity contribution is 5.33. The van der Waals surface area contributed by atoms with Gasteiger partial charge in [0.1, 0.15) is 5.75 Å². The second-order valence-electron chi connectivity index (χ2n) is 4.98. The van der Waals surface area contributed by atoms with E-state index in [2.05, 4.69) is 26.0 Å². The average molecular weight is 265 g/mol. The summed E-state index contributed by atoms with van der Waals surface area (Å²) in [5.41, 5.74) is 3.54. The first-order valence-electron chi connectivity index (χ1n) is 6.85. The molecule has 0 spiro atoms. The summed E-state index contributed by atoms with van der Waals surface area (Å²) in [5, 5.41) is 9.25. The third-order valence-corrected chi connectivity index (χ3v) is 3.51. The van der Waals surface area contributed by atoms with Crippen LogP contribution in [0.3, 0.4) is 0 Å². The number of benzene rings is 2. The van der Waals surface area contributed by atoms with Crippen LogP contribution in [0.2, 0.25) is 0 Å². The Bertz CT molecular complexity index is 599. The van der Waals surface area contributed by atoms with Gasteiger partial charge in [0.05, 0.1) is 18.6 Å². The lowest BCUT2D eigenvalue weighted by molar-refractivity contribution is 0.305. The summed E-state index contributed by atoms with van der Waals surface area (Å²) in [6.07, 6.45) is 0.702. The van der Waals surface area contributed by atoms with E-state index in [1.165, 1.54) is 11.1 Å². The van der Waals surface area contributed by atoms with E-state index < -0.39 is 0 Å². The molecule has 0 aliphatic heterocycles. The lowest BCUT2D eigenvalue weighted by Crippen LogP contribution is -2.04. The average Bonchev–Trinajstić information content (AvgIpc) is 2.48. The fourth-order valence-electron chi connectivity index (χ4n) is 2.09. The van der Waals surface area contributed by atoms with Crippen molar-refractivity contribution in [2.24, 2.45) is 0 Å². The van der Waals surface area contributed by atoms with E-state index in [4.69, 9.17) is 4.74 Å². The van der Waals surface area contributed by atoms with Crippen LogP contribution in [0.15, 0.2) is 48.5 Å². The summed E-state index contributed by atoms with van der Waals surface area (Å²) >= 11 is 0. The van der Waals surface area contributed by atoms with Crippen molar-refractivity contribution in [2.75, 3.05) is 6.61 Å². The Labute approximate surface area is 120 Å². The molecule has 2 aromatic rings. The zero-order valence-corrected chi connectivity index (χ0v) is 12.0. The molecule has 2 heteroatoms. The van der Waals surface area contributed by atoms with Crippen molar-refractivity contribution in [1.29, 1.82) is 5.26 Å². The summed E-state index contributed by atoms with van der Waals surface area (Å²) in [6, 6.07) is 18.3. The molecule has 0 fully saturated rings. The van der Waals surface area contributed by atoms with Gasteiger partial charge in [-0.05, 0) is 42.7 Å². The Kier molecular flexibility index (Phi) is 4.79. The summed E-state index contributed by atoms with van der Waals surface area (Å²) in [5.74, 6) is 0.764. The molecule has 102 valence electrons. The standard InChI is InChI=1S/C18H19NO/c1-14-8-9-18(12-15(14)2)20-11-10-17(13-19)16-6-4-3-5-7-16/h3-9,12,17H,10-11H2,1-2H3. The van der Waals surface area contributed by atoms with Gasteiger partial charge in [-0.15, -0.1) is 0 Å². The summed E-state index contributed by atoms with van der Waals surface area (Å²) in [6.45, 7) is 4.71. The van der Waals surface area contributed by atoms with Gasteiger partial charge in [-0.2, -0.15) is 5.26 Å². The zero-order chi connectivity index (χ0) is 14.4. The molecule has 2 aromatic carbocycles. The number of ether oxygens (including phenoxy) is 1. The molecule has 0 aromatic heterocycles. The zero-order valence-electron chi connectivity index (χ0n) is 12.0. The van der Waals surface area contributed by atoms with Crippen LogP contribution in [-0.2, 0) is 0 Å². The Morgan fingerprint density at radius 2 is 1.80 bits per heavy atom. The van der Waals surface area contributed by atoms with Crippen molar-refractivity contribution in [3.63, 3.8) is 0 Å². The molecule has 0 N–H and O–H groups in total. The summed E-state index contributed by atoms with van der Waals surface area (Å²) in [4.78, 5) is 0. The maximum Gasteiger partial charge on any atom is 0.119 e. The van der Waals surface area contributed by atoms with Crippen LogP contribution in [-0.4, -0.2) is 6.61 Å². The number of aryl methyl sites for hydroxylation is 2. The van der Waals surface area contributed by atoms with E-state index in [-0.39, 0.29) is 5.92 Å². The number of rotatable bonds is 5. The summed E-state index contributed by atoms with van der Waals surface area (Å²) in [7, 11) is 0. The molecule has 20 heavy (non-hydrogen) atoms. The molecule has 2 rings (SSSR count). The van der Waals surface area contributed by atoms with Crippen LogP contribution >= 0.6 is 0 Å². The Hall–Kier alpha value is -2.27. The molecule has 2 nitrogen and oxygen atoms in total. The van der Waals surface area contributed by atoms with E-state index in [0.717, 1.165) is 11.3 Å². The third kappa shape index (κ3) is 3.61. The Morgan fingerprint density at radius 3 is 2.45 bits per heavy atom. The van der Waals surface area contributed by atoms with Crippen molar-refractivity contribution < 1.29 is 4.74 Å². The van der Waals surface area contributed by atoms with Gasteiger partial charge in [-0.3, -0.25) is 0 Å². The van der Waals surface area contributed by atoms with E-state index in [9.17, 15) is 5.26 Å². The Morgan fingerprint density at radius 1 is 1.05 bits per heavy atom. The van der Waals surface area contributed by atoms with E-state index in [0.29, 0.717) is 13.0 Å². The van der Waals surface area contributed by atoms with Gasteiger partial charge in [0.15, 0.2) is 0 Å². The number of hydrogen-bond acceptors (Lipinski definition) is 2. The van der Waals surface area contributed by atoms with Gasteiger partial charge in [0, 0.05) is 6.42 Å². The lowest BCUT2D eigenvalue weighted by atomic mass is 9.98. The van der Waals surface area contributed by atoms with Gasteiger partial charge in [0.25, 0.3) is 0 Å². The van der Waals surface area contributed by atoms with Crippen molar-refractivity contribution in [3.05, 3.63) is 65.2 Å². The topological polar surface area (TPSA) is 33.0 Å². The molecule has 0 saturated heterocycles. The minimum atomic E-state index is -0.109. The van der Waals surface area contributed by atoms with E-state index >= 15 is 0 Å². The summed E-state index contributed by atoms with van der Waals surface area (Å²) < 4.78 is 5.74. The van der Waals surface area contributed by atoms with Crippen LogP contribution in [0.1, 0.15) is 29.0 Å². The van der Waals surface area contributed by atoms with Crippen LogP contribution in [0.25, 0.3) is 0 Å². The van der Waals surface area contributed by atoms with Crippen molar-refractivity contribution in [2.45, 2.75) is 26.2 Å². The quantitative estimate of drug-likeness (QED) is 0.803. The largest absolute Gasteiger partial charge is 0.494 e. The Balaban J connectivity index is 1.91. The number of nitriles is 1. The third-order valence-electron chi connectivity index (χ3n) is 3.51. The van der Waals surface area contributed by atoms with Crippen LogP contribution in [0, 0.1) is 25.2 Å². The van der Waals surface area contributed by atoms with Crippen molar-refractivity contribution >= 4 is 0 Å². The second kappa shape index (κ2) is 6.77. The van der Waals surface area contributed by atoms with Crippen molar-refractivity contribution in [1.82, 2.24) is 0 Å².